The summed E-state index contributed by atoms with van der Waals surface area (Å²) in [5.74, 6) is -0.510. The Labute approximate surface area is 112 Å². The number of hydrogen-bond donors (Lipinski definition) is 1. The molecule has 0 saturated heterocycles. The zero-order valence-electron chi connectivity index (χ0n) is 11.0. The van der Waals surface area contributed by atoms with Crippen LogP contribution < -0.4 is 5.73 Å². The summed E-state index contributed by atoms with van der Waals surface area (Å²) < 4.78 is 4.96. The number of nitrogens with zero attached hydrogens (tertiary/aromatic N) is 1. The zero-order chi connectivity index (χ0) is 13.8. The van der Waals surface area contributed by atoms with Gasteiger partial charge in [-0.2, -0.15) is 0 Å². The Morgan fingerprint density at radius 2 is 1.95 bits per heavy atom. The highest BCUT2D eigenvalue weighted by molar-refractivity contribution is 6.23. The summed E-state index contributed by atoms with van der Waals surface area (Å²) in [4.78, 5) is 25.5. The number of carbonyl (C=O) groups is 2. The van der Waals surface area contributed by atoms with E-state index in [-0.39, 0.29) is 11.8 Å². The Kier molecular flexibility index (Phi) is 4.16. The molecule has 1 aliphatic rings. The summed E-state index contributed by atoms with van der Waals surface area (Å²) in [5, 5.41) is 0. The van der Waals surface area contributed by atoms with Gasteiger partial charge in [-0.05, 0) is 31.4 Å². The lowest BCUT2D eigenvalue weighted by Gasteiger charge is -2.13. The average molecular weight is 262 g/mol. The quantitative estimate of drug-likeness (QED) is 0.481. The fraction of sp³-hybridized carbons (Fsp3) is 0.429. The van der Waals surface area contributed by atoms with Gasteiger partial charge in [0.25, 0.3) is 11.8 Å². The lowest BCUT2D eigenvalue weighted by molar-refractivity contribution is 0.0651. The summed E-state index contributed by atoms with van der Waals surface area (Å²) in [6, 6.07) is 4.99. The second-order valence-electron chi connectivity index (χ2n) is 4.59. The van der Waals surface area contributed by atoms with Gasteiger partial charge in [-0.3, -0.25) is 14.5 Å². The molecule has 0 unspecified atom stereocenters. The minimum absolute atomic E-state index is 0.237. The monoisotopic (exact) mass is 262 g/mol. The number of imide groups is 1. The van der Waals surface area contributed by atoms with Crippen LogP contribution in [0.4, 0.5) is 5.69 Å². The molecule has 0 aliphatic carbocycles. The molecule has 0 spiro atoms. The third-order valence-corrected chi connectivity index (χ3v) is 3.26. The lowest BCUT2D eigenvalue weighted by Crippen LogP contribution is -2.30. The van der Waals surface area contributed by atoms with Crippen molar-refractivity contribution in [2.45, 2.75) is 19.3 Å². The van der Waals surface area contributed by atoms with Gasteiger partial charge in [-0.25, -0.2) is 0 Å². The average Bonchev–Trinajstić information content (AvgIpc) is 2.64. The molecule has 0 fully saturated rings. The van der Waals surface area contributed by atoms with Crippen LogP contribution in [-0.4, -0.2) is 37.0 Å². The normalized spacial score (nSPS) is 14.1. The van der Waals surface area contributed by atoms with Crippen molar-refractivity contribution in [3.63, 3.8) is 0 Å². The first kappa shape index (κ1) is 13.5. The van der Waals surface area contributed by atoms with Gasteiger partial charge in [-0.1, -0.05) is 6.07 Å². The summed E-state index contributed by atoms with van der Waals surface area (Å²) in [6.07, 6.45) is 2.65. The fourth-order valence-corrected chi connectivity index (χ4v) is 2.26. The maximum absolute atomic E-state index is 12.1. The number of ether oxygens (including phenoxy) is 1. The van der Waals surface area contributed by atoms with Gasteiger partial charge in [0.1, 0.15) is 0 Å². The molecule has 1 aromatic rings. The smallest absolute Gasteiger partial charge is 0.263 e. The minimum atomic E-state index is -0.273. The van der Waals surface area contributed by atoms with Crippen LogP contribution >= 0.6 is 0 Å². The minimum Gasteiger partial charge on any atom is -0.398 e. The molecular weight excluding hydrogens is 244 g/mol. The molecule has 0 radical (unpaired) electrons. The number of anilines is 1. The fourth-order valence-electron chi connectivity index (χ4n) is 2.26. The standard InChI is InChI=1S/C14H18N2O3/c1-19-9-4-2-3-8-16-13(17)10-6-5-7-11(15)12(10)14(16)18/h5-7H,2-4,8-9,15H2,1H3. The molecule has 19 heavy (non-hydrogen) atoms. The van der Waals surface area contributed by atoms with Crippen LogP contribution in [0.3, 0.4) is 0 Å². The zero-order valence-corrected chi connectivity index (χ0v) is 11.0. The largest absolute Gasteiger partial charge is 0.398 e. The summed E-state index contributed by atoms with van der Waals surface area (Å²) in [5.41, 5.74) is 6.91. The SMILES string of the molecule is COCCCCCN1C(=O)c2cccc(N)c2C1=O. The molecule has 1 aliphatic heterocycles. The van der Waals surface area contributed by atoms with E-state index in [2.05, 4.69) is 0 Å². The van der Waals surface area contributed by atoms with E-state index in [1.807, 2.05) is 0 Å². The molecule has 0 bridgehead atoms. The molecule has 1 aromatic carbocycles. The molecule has 2 rings (SSSR count). The number of amides is 2. The van der Waals surface area contributed by atoms with Crippen LogP contribution in [-0.2, 0) is 4.74 Å². The first-order chi connectivity index (χ1) is 9.16. The number of methoxy groups -OCH3 is 1. The Bertz CT molecular complexity index is 499. The van der Waals surface area contributed by atoms with E-state index in [9.17, 15) is 9.59 Å². The van der Waals surface area contributed by atoms with Crippen LogP contribution in [0, 0.1) is 0 Å². The number of rotatable bonds is 6. The van der Waals surface area contributed by atoms with Crippen molar-refractivity contribution >= 4 is 17.5 Å². The number of carbonyl (C=O) groups excluding carboxylic acids is 2. The molecule has 0 atom stereocenters. The van der Waals surface area contributed by atoms with E-state index >= 15 is 0 Å². The Morgan fingerprint density at radius 3 is 2.63 bits per heavy atom. The third-order valence-electron chi connectivity index (χ3n) is 3.26. The predicted molar refractivity (Wildman–Crippen MR) is 71.9 cm³/mol. The van der Waals surface area contributed by atoms with Gasteiger partial charge in [-0.15, -0.1) is 0 Å². The molecule has 2 amide bonds. The van der Waals surface area contributed by atoms with Crippen molar-refractivity contribution in [2.75, 3.05) is 26.0 Å². The van der Waals surface area contributed by atoms with Gasteiger partial charge in [0, 0.05) is 25.9 Å². The summed E-state index contributed by atoms with van der Waals surface area (Å²) >= 11 is 0. The molecule has 2 N–H and O–H groups in total. The first-order valence-corrected chi connectivity index (χ1v) is 6.40. The molecule has 102 valence electrons. The maximum atomic E-state index is 12.1. The van der Waals surface area contributed by atoms with Gasteiger partial charge >= 0.3 is 0 Å². The molecule has 5 nitrogen and oxygen atoms in total. The highest BCUT2D eigenvalue weighted by Crippen LogP contribution is 2.27. The summed E-state index contributed by atoms with van der Waals surface area (Å²) in [6.45, 7) is 1.14. The highest BCUT2D eigenvalue weighted by Gasteiger charge is 2.36. The molecule has 0 saturated carbocycles. The van der Waals surface area contributed by atoms with Crippen LogP contribution in [0.25, 0.3) is 0 Å². The number of nitrogen functional groups attached to an aromatic ring is 1. The van der Waals surface area contributed by atoms with Crippen molar-refractivity contribution in [3.8, 4) is 0 Å². The topological polar surface area (TPSA) is 72.6 Å². The van der Waals surface area contributed by atoms with Crippen molar-refractivity contribution in [1.29, 1.82) is 0 Å². The van der Waals surface area contributed by atoms with Crippen LogP contribution in [0.15, 0.2) is 18.2 Å². The van der Waals surface area contributed by atoms with Gasteiger partial charge < -0.3 is 10.5 Å². The van der Waals surface area contributed by atoms with E-state index in [4.69, 9.17) is 10.5 Å². The number of hydrogen-bond acceptors (Lipinski definition) is 4. The lowest BCUT2D eigenvalue weighted by atomic mass is 10.1. The number of unbranched alkanes of at least 4 members (excludes halogenated alkanes) is 2. The van der Waals surface area contributed by atoms with Crippen molar-refractivity contribution in [3.05, 3.63) is 29.3 Å². The Morgan fingerprint density at radius 1 is 1.16 bits per heavy atom. The van der Waals surface area contributed by atoms with Gasteiger partial charge in [0.15, 0.2) is 0 Å². The predicted octanol–water partition coefficient (Wildman–Crippen LogP) is 1.68. The Hall–Kier alpha value is -1.88. The van der Waals surface area contributed by atoms with Gasteiger partial charge in [0.05, 0.1) is 11.1 Å². The van der Waals surface area contributed by atoms with Gasteiger partial charge in [0.2, 0.25) is 0 Å². The van der Waals surface area contributed by atoms with Crippen molar-refractivity contribution in [2.24, 2.45) is 0 Å². The summed E-state index contributed by atoms with van der Waals surface area (Å²) in [7, 11) is 1.66. The first-order valence-electron chi connectivity index (χ1n) is 6.40. The number of nitrogens with two attached hydrogens (primary N) is 1. The molecular formula is C14H18N2O3. The van der Waals surface area contributed by atoms with Crippen LogP contribution in [0.5, 0.6) is 0 Å². The highest BCUT2D eigenvalue weighted by atomic mass is 16.5. The van der Waals surface area contributed by atoms with Crippen LogP contribution in [0.2, 0.25) is 0 Å². The van der Waals surface area contributed by atoms with Crippen molar-refractivity contribution in [1.82, 2.24) is 4.90 Å². The Balaban J connectivity index is 2.00. The van der Waals surface area contributed by atoms with Crippen molar-refractivity contribution < 1.29 is 14.3 Å². The second kappa shape index (κ2) is 5.84. The van der Waals surface area contributed by atoms with E-state index in [1.54, 1.807) is 25.3 Å². The van der Waals surface area contributed by atoms with E-state index in [0.29, 0.717) is 30.0 Å². The van der Waals surface area contributed by atoms with E-state index in [1.165, 1.54) is 4.90 Å². The van der Waals surface area contributed by atoms with E-state index < -0.39 is 0 Å². The van der Waals surface area contributed by atoms with Crippen LogP contribution in [0.1, 0.15) is 40.0 Å². The second-order valence-corrected chi connectivity index (χ2v) is 4.59. The van der Waals surface area contributed by atoms with E-state index in [0.717, 1.165) is 19.3 Å². The molecule has 5 heteroatoms. The number of benzene rings is 1. The molecule has 1 heterocycles. The number of fused-ring (bicyclic) bond motifs is 1. The molecule has 0 aromatic heterocycles. The maximum Gasteiger partial charge on any atom is 0.263 e. The third kappa shape index (κ3) is 2.61.